The summed E-state index contributed by atoms with van der Waals surface area (Å²) in [4.78, 5) is 4.32. The van der Waals surface area contributed by atoms with E-state index in [1.54, 1.807) is 0 Å². The topological polar surface area (TPSA) is 43.8 Å². The first-order chi connectivity index (χ1) is 9.56. The van der Waals surface area contributed by atoms with E-state index < -0.39 is 0 Å². The van der Waals surface area contributed by atoms with Crippen molar-refractivity contribution >= 4 is 0 Å². The van der Waals surface area contributed by atoms with Crippen LogP contribution in [-0.2, 0) is 6.54 Å². The van der Waals surface area contributed by atoms with Crippen LogP contribution in [-0.4, -0.2) is 16.1 Å². The molecule has 3 nitrogen and oxygen atoms in total. The zero-order valence-corrected chi connectivity index (χ0v) is 13.8. The van der Waals surface area contributed by atoms with E-state index in [0.717, 1.165) is 12.5 Å². The molecule has 1 atom stereocenters. The van der Waals surface area contributed by atoms with E-state index in [1.165, 1.54) is 37.8 Å². The third-order valence-electron chi connectivity index (χ3n) is 4.11. The molecule has 1 aromatic rings. The van der Waals surface area contributed by atoms with Gasteiger partial charge in [-0.05, 0) is 18.3 Å². The molecule has 1 rings (SSSR count). The lowest BCUT2D eigenvalue weighted by Gasteiger charge is -2.20. The van der Waals surface area contributed by atoms with E-state index in [1.807, 2.05) is 12.5 Å². The molecule has 0 radical (unpaired) electrons. The SMILES string of the molecule is CC(C)CCCCCCn1cncc1C(CN)C(C)C. The van der Waals surface area contributed by atoms with Crippen molar-refractivity contribution in [1.82, 2.24) is 9.55 Å². The summed E-state index contributed by atoms with van der Waals surface area (Å²) >= 11 is 0. The van der Waals surface area contributed by atoms with Crippen LogP contribution in [0.15, 0.2) is 12.5 Å². The maximum Gasteiger partial charge on any atom is 0.0948 e. The maximum absolute atomic E-state index is 5.92. The molecule has 1 aromatic heterocycles. The molecule has 0 aromatic carbocycles. The van der Waals surface area contributed by atoms with Crippen LogP contribution in [0, 0.1) is 11.8 Å². The molecular formula is C17H33N3. The number of rotatable bonds is 10. The summed E-state index contributed by atoms with van der Waals surface area (Å²) < 4.78 is 2.31. The van der Waals surface area contributed by atoms with Crippen molar-refractivity contribution in [3.05, 3.63) is 18.2 Å². The number of aromatic nitrogens is 2. The quantitative estimate of drug-likeness (QED) is 0.653. The summed E-state index contributed by atoms with van der Waals surface area (Å²) in [6.45, 7) is 10.9. The maximum atomic E-state index is 5.92. The zero-order valence-electron chi connectivity index (χ0n) is 13.8. The predicted molar refractivity (Wildman–Crippen MR) is 86.8 cm³/mol. The smallest absolute Gasteiger partial charge is 0.0948 e. The van der Waals surface area contributed by atoms with E-state index in [-0.39, 0.29) is 0 Å². The molecule has 0 amide bonds. The molecule has 1 heterocycles. The van der Waals surface area contributed by atoms with Gasteiger partial charge in [0, 0.05) is 30.9 Å². The zero-order chi connectivity index (χ0) is 15.0. The molecule has 0 saturated heterocycles. The highest BCUT2D eigenvalue weighted by atomic mass is 15.0. The first kappa shape index (κ1) is 17.2. The van der Waals surface area contributed by atoms with Crippen molar-refractivity contribution in [2.75, 3.05) is 6.54 Å². The van der Waals surface area contributed by atoms with Gasteiger partial charge < -0.3 is 10.3 Å². The summed E-state index contributed by atoms with van der Waals surface area (Å²) in [6, 6.07) is 0. The predicted octanol–water partition coefficient (Wildman–Crippen LogP) is 4.19. The van der Waals surface area contributed by atoms with Gasteiger partial charge in [0.25, 0.3) is 0 Å². The fraction of sp³-hybridized carbons (Fsp3) is 0.824. The fourth-order valence-corrected chi connectivity index (χ4v) is 2.75. The number of nitrogens with two attached hydrogens (primary N) is 1. The third-order valence-corrected chi connectivity index (χ3v) is 4.11. The van der Waals surface area contributed by atoms with Crippen molar-refractivity contribution < 1.29 is 0 Å². The van der Waals surface area contributed by atoms with E-state index in [9.17, 15) is 0 Å². The Hall–Kier alpha value is -0.830. The highest BCUT2D eigenvalue weighted by Gasteiger charge is 2.17. The molecule has 116 valence electrons. The van der Waals surface area contributed by atoms with E-state index in [2.05, 4.69) is 37.2 Å². The van der Waals surface area contributed by atoms with Crippen molar-refractivity contribution in [3.63, 3.8) is 0 Å². The molecule has 0 aliphatic rings. The Balaban J connectivity index is 2.36. The van der Waals surface area contributed by atoms with Crippen LogP contribution >= 0.6 is 0 Å². The van der Waals surface area contributed by atoms with Gasteiger partial charge in [-0.15, -0.1) is 0 Å². The fourth-order valence-electron chi connectivity index (χ4n) is 2.75. The summed E-state index contributed by atoms with van der Waals surface area (Å²) in [6.07, 6.45) is 10.6. The molecule has 0 aliphatic heterocycles. The summed E-state index contributed by atoms with van der Waals surface area (Å²) in [7, 11) is 0. The normalized spacial score (nSPS) is 13.3. The second kappa shape index (κ2) is 9.17. The summed E-state index contributed by atoms with van der Waals surface area (Å²) in [5.41, 5.74) is 7.23. The Morgan fingerprint density at radius 2 is 1.80 bits per heavy atom. The van der Waals surface area contributed by atoms with Gasteiger partial charge in [-0.25, -0.2) is 4.98 Å². The highest BCUT2D eigenvalue weighted by molar-refractivity contribution is 5.08. The average Bonchev–Trinajstić information content (AvgIpc) is 2.82. The van der Waals surface area contributed by atoms with Crippen molar-refractivity contribution in [3.8, 4) is 0 Å². The molecule has 0 fully saturated rings. The van der Waals surface area contributed by atoms with Gasteiger partial charge in [-0.3, -0.25) is 0 Å². The number of unbranched alkanes of at least 4 members (excludes halogenated alkanes) is 3. The number of imidazole rings is 1. The minimum Gasteiger partial charge on any atom is -0.334 e. The minimum atomic E-state index is 0.429. The van der Waals surface area contributed by atoms with Crippen molar-refractivity contribution in [2.45, 2.75) is 72.3 Å². The second-order valence-corrected chi connectivity index (χ2v) is 6.69. The van der Waals surface area contributed by atoms with Crippen molar-refractivity contribution in [2.24, 2.45) is 17.6 Å². The molecular weight excluding hydrogens is 246 g/mol. The van der Waals surface area contributed by atoms with Gasteiger partial charge >= 0.3 is 0 Å². The lowest BCUT2D eigenvalue weighted by Crippen LogP contribution is -2.21. The molecule has 0 aliphatic carbocycles. The lowest BCUT2D eigenvalue weighted by molar-refractivity contribution is 0.459. The molecule has 3 heteroatoms. The van der Waals surface area contributed by atoms with Gasteiger partial charge in [0.05, 0.1) is 6.33 Å². The van der Waals surface area contributed by atoms with Crippen LogP contribution < -0.4 is 5.73 Å². The number of hydrogen-bond donors (Lipinski definition) is 1. The Bertz CT molecular complexity index is 355. The van der Waals surface area contributed by atoms with Crippen LogP contribution in [0.3, 0.4) is 0 Å². The van der Waals surface area contributed by atoms with Gasteiger partial charge in [0.2, 0.25) is 0 Å². The van der Waals surface area contributed by atoms with Crippen LogP contribution in [0.1, 0.15) is 71.4 Å². The first-order valence-electron chi connectivity index (χ1n) is 8.26. The molecule has 2 N–H and O–H groups in total. The van der Waals surface area contributed by atoms with E-state index >= 15 is 0 Å². The lowest BCUT2D eigenvalue weighted by atomic mass is 9.93. The van der Waals surface area contributed by atoms with Crippen molar-refractivity contribution in [1.29, 1.82) is 0 Å². The van der Waals surface area contributed by atoms with E-state index in [0.29, 0.717) is 18.4 Å². The Morgan fingerprint density at radius 3 is 2.40 bits per heavy atom. The second-order valence-electron chi connectivity index (χ2n) is 6.69. The largest absolute Gasteiger partial charge is 0.334 e. The third kappa shape index (κ3) is 5.66. The molecule has 0 saturated carbocycles. The molecule has 0 bridgehead atoms. The monoisotopic (exact) mass is 279 g/mol. The average molecular weight is 279 g/mol. The Morgan fingerprint density at radius 1 is 1.10 bits per heavy atom. The van der Waals surface area contributed by atoms with Gasteiger partial charge in [0.1, 0.15) is 0 Å². The molecule has 20 heavy (non-hydrogen) atoms. The number of nitrogens with zero attached hydrogens (tertiary/aromatic N) is 2. The molecule has 1 unspecified atom stereocenters. The minimum absolute atomic E-state index is 0.429. The van der Waals surface area contributed by atoms with E-state index in [4.69, 9.17) is 5.73 Å². The standard InChI is InChI=1S/C17H33N3/c1-14(2)9-7-5-6-8-10-20-13-19-12-17(20)16(11-18)15(3)4/h12-16H,5-11,18H2,1-4H3. The summed E-state index contributed by atoms with van der Waals surface area (Å²) in [5, 5.41) is 0. The Kier molecular flexibility index (Phi) is 7.90. The van der Waals surface area contributed by atoms with Crippen LogP contribution in [0.25, 0.3) is 0 Å². The number of aryl methyl sites for hydroxylation is 1. The van der Waals surface area contributed by atoms with Gasteiger partial charge in [-0.1, -0.05) is 53.4 Å². The Labute approximate surface area is 125 Å². The van der Waals surface area contributed by atoms with Crippen LogP contribution in [0.2, 0.25) is 0 Å². The number of hydrogen-bond acceptors (Lipinski definition) is 2. The summed E-state index contributed by atoms with van der Waals surface area (Å²) in [5.74, 6) is 1.84. The van der Waals surface area contributed by atoms with Gasteiger partial charge in [0.15, 0.2) is 0 Å². The highest BCUT2D eigenvalue weighted by Crippen LogP contribution is 2.23. The van der Waals surface area contributed by atoms with Crippen LogP contribution in [0.5, 0.6) is 0 Å². The molecule has 0 spiro atoms. The van der Waals surface area contributed by atoms with Crippen LogP contribution in [0.4, 0.5) is 0 Å². The van der Waals surface area contributed by atoms with Gasteiger partial charge in [-0.2, -0.15) is 0 Å². The first-order valence-corrected chi connectivity index (χ1v) is 8.26.